The van der Waals surface area contributed by atoms with E-state index in [4.69, 9.17) is 0 Å². The Morgan fingerprint density at radius 3 is 1.53 bits per heavy atom. The fraction of sp³-hybridized carbons (Fsp3) is 0.118. The molecule has 0 nitrogen and oxygen atoms in total. The lowest BCUT2D eigenvalue weighted by Crippen LogP contribution is -2.14. The molecule has 34 heavy (non-hydrogen) atoms. The highest BCUT2D eigenvalue weighted by Crippen LogP contribution is 2.49. The van der Waals surface area contributed by atoms with Crippen LogP contribution in [0, 0.1) is 6.92 Å². The first-order chi connectivity index (χ1) is 16.5. The molecule has 0 bridgehead atoms. The van der Waals surface area contributed by atoms with Gasteiger partial charge in [0.05, 0.1) is 0 Å². The van der Waals surface area contributed by atoms with Crippen LogP contribution in [-0.4, -0.2) is 0 Å². The monoisotopic (exact) mass is 436 g/mol. The van der Waals surface area contributed by atoms with Gasteiger partial charge in [-0.2, -0.15) is 0 Å². The summed E-state index contributed by atoms with van der Waals surface area (Å²) in [5, 5.41) is 0. The molecule has 0 fully saturated rings. The van der Waals surface area contributed by atoms with E-state index in [9.17, 15) is 0 Å². The predicted molar refractivity (Wildman–Crippen MR) is 145 cm³/mol. The third-order valence-electron chi connectivity index (χ3n) is 7.33. The molecule has 5 aromatic rings. The number of benzene rings is 5. The zero-order chi connectivity index (χ0) is 23.3. The Morgan fingerprint density at radius 2 is 0.912 bits per heavy atom. The van der Waals surface area contributed by atoms with E-state index in [1.165, 1.54) is 61.2 Å². The topological polar surface area (TPSA) is 0 Å². The first-order valence-electron chi connectivity index (χ1n) is 12.0. The van der Waals surface area contributed by atoms with E-state index >= 15 is 0 Å². The van der Waals surface area contributed by atoms with Crippen molar-refractivity contribution in [1.29, 1.82) is 0 Å². The van der Waals surface area contributed by atoms with Crippen LogP contribution in [0.1, 0.15) is 30.5 Å². The summed E-state index contributed by atoms with van der Waals surface area (Å²) in [4.78, 5) is 0. The van der Waals surface area contributed by atoms with Crippen molar-refractivity contribution >= 4 is 0 Å². The Hall–Kier alpha value is -3.90. The van der Waals surface area contributed by atoms with Gasteiger partial charge in [0.15, 0.2) is 0 Å². The van der Waals surface area contributed by atoms with Gasteiger partial charge in [0.25, 0.3) is 0 Å². The van der Waals surface area contributed by atoms with Gasteiger partial charge in [-0.05, 0) is 80.8 Å². The van der Waals surface area contributed by atoms with Gasteiger partial charge in [0.1, 0.15) is 0 Å². The lowest BCUT2D eigenvalue weighted by Gasteiger charge is -2.22. The first kappa shape index (κ1) is 20.7. The highest BCUT2D eigenvalue weighted by molar-refractivity contribution is 5.84. The molecule has 1 aliphatic carbocycles. The molecule has 0 heteroatoms. The summed E-state index contributed by atoms with van der Waals surface area (Å²) >= 11 is 0. The van der Waals surface area contributed by atoms with Crippen molar-refractivity contribution in [1.82, 2.24) is 0 Å². The van der Waals surface area contributed by atoms with Gasteiger partial charge >= 0.3 is 0 Å². The number of aryl methyl sites for hydroxylation is 1. The van der Waals surface area contributed by atoms with Crippen molar-refractivity contribution in [2.24, 2.45) is 0 Å². The minimum absolute atomic E-state index is 0.0156. The van der Waals surface area contributed by atoms with Gasteiger partial charge < -0.3 is 0 Å². The van der Waals surface area contributed by atoms with Crippen molar-refractivity contribution in [2.75, 3.05) is 0 Å². The molecule has 0 amide bonds. The SMILES string of the molecule is Cc1cccc(-c2cccc(-c3cccc(-c4ccc5c(c4)C(C)(C)c4ccccc4-5)c3)c2)c1. The largest absolute Gasteiger partial charge is 0.0619 e. The van der Waals surface area contributed by atoms with Gasteiger partial charge in [0.2, 0.25) is 0 Å². The smallest absolute Gasteiger partial charge is 0.0159 e. The van der Waals surface area contributed by atoms with E-state index in [1.54, 1.807) is 0 Å². The first-order valence-corrected chi connectivity index (χ1v) is 12.0. The summed E-state index contributed by atoms with van der Waals surface area (Å²) in [7, 11) is 0. The van der Waals surface area contributed by atoms with Crippen LogP contribution in [0.25, 0.3) is 44.5 Å². The van der Waals surface area contributed by atoms with Crippen LogP contribution in [0.5, 0.6) is 0 Å². The van der Waals surface area contributed by atoms with Crippen LogP contribution in [0.2, 0.25) is 0 Å². The van der Waals surface area contributed by atoms with Crippen LogP contribution < -0.4 is 0 Å². The average molecular weight is 437 g/mol. The third kappa shape index (κ3) is 3.38. The van der Waals surface area contributed by atoms with Gasteiger partial charge in [-0.15, -0.1) is 0 Å². The highest BCUT2D eigenvalue weighted by atomic mass is 14.4. The molecule has 0 spiro atoms. The Morgan fingerprint density at radius 1 is 0.412 bits per heavy atom. The van der Waals surface area contributed by atoms with Crippen LogP contribution in [-0.2, 0) is 5.41 Å². The number of hydrogen-bond donors (Lipinski definition) is 0. The number of hydrogen-bond acceptors (Lipinski definition) is 0. The summed E-state index contributed by atoms with van der Waals surface area (Å²) < 4.78 is 0. The Balaban J connectivity index is 1.40. The van der Waals surface area contributed by atoms with Crippen LogP contribution in [0.3, 0.4) is 0 Å². The minimum atomic E-state index is 0.0156. The van der Waals surface area contributed by atoms with Gasteiger partial charge in [-0.25, -0.2) is 0 Å². The lowest BCUT2D eigenvalue weighted by atomic mass is 9.81. The van der Waals surface area contributed by atoms with E-state index in [0.29, 0.717) is 0 Å². The van der Waals surface area contributed by atoms with Crippen molar-refractivity contribution in [3.8, 4) is 44.5 Å². The predicted octanol–water partition coefficient (Wildman–Crippen LogP) is 9.30. The molecule has 6 rings (SSSR count). The maximum absolute atomic E-state index is 2.40. The standard InChI is InChI=1S/C34H28/c1-23-9-6-10-24(19-23)25-11-7-12-26(20-25)27-13-8-14-28(21-27)29-17-18-31-30-15-4-5-16-32(30)34(2,3)33(31)22-29/h4-22H,1-3H3. The molecule has 0 aliphatic heterocycles. The summed E-state index contributed by atoms with van der Waals surface area (Å²) in [6.45, 7) is 6.83. The normalized spacial score (nSPS) is 13.4. The molecule has 0 unspecified atom stereocenters. The number of rotatable bonds is 3. The van der Waals surface area contributed by atoms with Crippen LogP contribution >= 0.6 is 0 Å². The molecule has 1 aliphatic rings. The molecule has 0 saturated heterocycles. The van der Waals surface area contributed by atoms with E-state index in [-0.39, 0.29) is 5.41 Å². The van der Waals surface area contributed by atoms with Crippen molar-refractivity contribution in [3.63, 3.8) is 0 Å². The zero-order valence-electron chi connectivity index (χ0n) is 20.0. The van der Waals surface area contributed by atoms with E-state index < -0.39 is 0 Å². The molecule has 0 N–H and O–H groups in total. The zero-order valence-corrected chi connectivity index (χ0v) is 20.0. The lowest BCUT2D eigenvalue weighted by molar-refractivity contribution is 0.660. The van der Waals surface area contributed by atoms with E-state index in [2.05, 4.69) is 136 Å². The fourth-order valence-electron chi connectivity index (χ4n) is 5.47. The molecule has 0 radical (unpaired) electrons. The van der Waals surface area contributed by atoms with Gasteiger partial charge in [-0.3, -0.25) is 0 Å². The third-order valence-corrected chi connectivity index (χ3v) is 7.33. The van der Waals surface area contributed by atoms with Gasteiger partial charge in [0, 0.05) is 5.41 Å². The average Bonchev–Trinajstić information content (AvgIpc) is 3.11. The van der Waals surface area contributed by atoms with Crippen molar-refractivity contribution < 1.29 is 0 Å². The molecule has 0 heterocycles. The minimum Gasteiger partial charge on any atom is -0.0619 e. The van der Waals surface area contributed by atoms with Crippen molar-refractivity contribution in [2.45, 2.75) is 26.2 Å². The summed E-state index contributed by atoms with van der Waals surface area (Å²) in [5.74, 6) is 0. The molecule has 5 aromatic carbocycles. The summed E-state index contributed by atoms with van der Waals surface area (Å²) in [6, 6.07) is 42.3. The number of fused-ring (bicyclic) bond motifs is 3. The van der Waals surface area contributed by atoms with Crippen molar-refractivity contribution in [3.05, 3.63) is 132 Å². The molecular weight excluding hydrogens is 408 g/mol. The highest BCUT2D eigenvalue weighted by Gasteiger charge is 2.35. The molecule has 0 aromatic heterocycles. The fourth-order valence-corrected chi connectivity index (χ4v) is 5.47. The van der Waals surface area contributed by atoms with Crippen LogP contribution in [0.15, 0.2) is 115 Å². The molecular formula is C34H28. The Bertz CT molecular complexity index is 1530. The van der Waals surface area contributed by atoms with E-state index in [0.717, 1.165) is 0 Å². The molecule has 164 valence electrons. The van der Waals surface area contributed by atoms with Crippen LogP contribution in [0.4, 0.5) is 0 Å². The maximum Gasteiger partial charge on any atom is 0.0159 e. The maximum atomic E-state index is 2.40. The second-order valence-corrected chi connectivity index (χ2v) is 9.96. The Labute approximate surface area is 202 Å². The second kappa shape index (κ2) is 7.85. The summed E-state index contributed by atoms with van der Waals surface area (Å²) in [6.07, 6.45) is 0. The Kier molecular flexibility index (Phi) is 4.78. The molecule has 0 saturated carbocycles. The quantitative estimate of drug-likeness (QED) is 0.264. The second-order valence-electron chi connectivity index (χ2n) is 9.96. The molecule has 0 atom stereocenters. The summed E-state index contributed by atoms with van der Waals surface area (Å²) in [5.41, 5.74) is 14.4. The van der Waals surface area contributed by atoms with E-state index in [1.807, 2.05) is 0 Å². The van der Waals surface area contributed by atoms with Gasteiger partial charge in [-0.1, -0.05) is 116 Å².